The minimum Gasteiger partial charge on any atom is -0.493 e. The molecule has 0 unspecified atom stereocenters. The van der Waals surface area contributed by atoms with Crippen LogP contribution in [0.3, 0.4) is 0 Å². The van der Waals surface area contributed by atoms with Crippen LogP contribution in [0.2, 0.25) is 5.02 Å². The molecule has 1 aromatic heterocycles. The Morgan fingerprint density at radius 3 is 2.63 bits per heavy atom. The van der Waals surface area contributed by atoms with Crippen LogP contribution in [0, 0.1) is 6.92 Å². The molecule has 0 atom stereocenters. The van der Waals surface area contributed by atoms with Crippen molar-refractivity contribution in [2.24, 2.45) is 0 Å². The number of benzene rings is 3. The van der Waals surface area contributed by atoms with Crippen LogP contribution in [-0.2, 0) is 18.0 Å². The fourth-order valence-electron chi connectivity index (χ4n) is 4.27. The molecule has 0 aliphatic carbocycles. The second-order valence-electron chi connectivity index (χ2n) is 8.07. The highest BCUT2D eigenvalue weighted by molar-refractivity contribution is 6.30. The minimum atomic E-state index is -0.430. The monoisotopic (exact) mass is 494 g/mol. The normalized spacial score (nSPS) is 12.7. The van der Waals surface area contributed by atoms with Gasteiger partial charge >= 0.3 is 5.63 Å². The molecule has 1 aliphatic rings. The van der Waals surface area contributed by atoms with Gasteiger partial charge in [0.05, 0.1) is 26.4 Å². The summed E-state index contributed by atoms with van der Waals surface area (Å²) in [6.45, 7) is 2.77. The summed E-state index contributed by atoms with van der Waals surface area (Å²) >= 11 is 6.27. The van der Waals surface area contributed by atoms with Crippen LogP contribution in [-0.4, -0.2) is 21.0 Å². The molecule has 35 heavy (non-hydrogen) atoms. The molecule has 5 rings (SSSR count). The zero-order chi connectivity index (χ0) is 24.5. The number of methoxy groups -OCH3 is 2. The van der Waals surface area contributed by atoms with E-state index in [1.54, 1.807) is 44.6 Å². The summed E-state index contributed by atoms with van der Waals surface area (Å²) in [5, 5.41) is 1.36. The molecular formula is C27H23ClO7. The smallest absolute Gasteiger partial charge is 0.344 e. The van der Waals surface area contributed by atoms with Crippen LogP contribution in [0.15, 0.2) is 57.7 Å². The molecule has 0 bridgehead atoms. The maximum absolute atomic E-state index is 12.9. The number of rotatable bonds is 6. The Balaban J connectivity index is 1.50. The first kappa shape index (κ1) is 23.1. The first-order chi connectivity index (χ1) is 17.0. The fourth-order valence-corrected chi connectivity index (χ4v) is 4.53. The lowest BCUT2D eigenvalue weighted by Crippen LogP contribution is -2.14. The number of ether oxygens (including phenoxy) is 5. The molecule has 0 saturated carbocycles. The summed E-state index contributed by atoms with van der Waals surface area (Å²) in [4.78, 5) is 12.9. The summed E-state index contributed by atoms with van der Waals surface area (Å²) in [5.74, 6) is 2.46. The molecule has 2 heterocycles. The Morgan fingerprint density at radius 1 is 1.00 bits per heavy atom. The molecule has 3 aromatic carbocycles. The van der Waals surface area contributed by atoms with Gasteiger partial charge in [-0.1, -0.05) is 17.7 Å². The van der Waals surface area contributed by atoms with Gasteiger partial charge in [-0.2, -0.15) is 0 Å². The van der Waals surface area contributed by atoms with Crippen molar-refractivity contribution < 1.29 is 28.1 Å². The molecular weight excluding hydrogens is 472 g/mol. The predicted molar refractivity (Wildman–Crippen MR) is 132 cm³/mol. The Hall–Kier alpha value is -3.68. The third-order valence-electron chi connectivity index (χ3n) is 5.96. The molecule has 4 aromatic rings. The first-order valence-electron chi connectivity index (χ1n) is 10.9. The topological polar surface area (TPSA) is 76.4 Å². The van der Waals surface area contributed by atoms with Crippen LogP contribution in [0.4, 0.5) is 0 Å². The second-order valence-corrected chi connectivity index (χ2v) is 8.51. The van der Waals surface area contributed by atoms with Crippen molar-refractivity contribution in [1.82, 2.24) is 0 Å². The highest BCUT2D eigenvalue weighted by atomic mass is 35.5. The van der Waals surface area contributed by atoms with E-state index in [9.17, 15) is 4.79 Å². The number of halogens is 1. The lowest BCUT2D eigenvalue weighted by Gasteiger charge is -2.21. The van der Waals surface area contributed by atoms with Gasteiger partial charge < -0.3 is 28.1 Å². The Kier molecular flexibility index (Phi) is 6.28. The largest absolute Gasteiger partial charge is 0.493 e. The van der Waals surface area contributed by atoms with Crippen molar-refractivity contribution in [1.29, 1.82) is 0 Å². The van der Waals surface area contributed by atoms with Crippen LogP contribution < -0.4 is 24.6 Å². The maximum Gasteiger partial charge on any atom is 0.344 e. The van der Waals surface area contributed by atoms with Crippen molar-refractivity contribution in [3.8, 4) is 34.1 Å². The molecule has 0 spiro atoms. The van der Waals surface area contributed by atoms with Crippen molar-refractivity contribution in [3.63, 3.8) is 0 Å². The van der Waals surface area contributed by atoms with E-state index in [1.807, 2.05) is 25.1 Å². The molecule has 7 nitrogen and oxygen atoms in total. The van der Waals surface area contributed by atoms with Crippen LogP contribution in [0.25, 0.3) is 22.1 Å². The van der Waals surface area contributed by atoms with Crippen molar-refractivity contribution in [2.75, 3.05) is 21.0 Å². The first-order valence-corrected chi connectivity index (χ1v) is 11.3. The molecule has 180 valence electrons. The summed E-state index contributed by atoms with van der Waals surface area (Å²) in [5.41, 5.74) is 3.66. The van der Waals surface area contributed by atoms with E-state index in [0.717, 1.165) is 27.8 Å². The van der Waals surface area contributed by atoms with Crippen molar-refractivity contribution in [3.05, 3.63) is 80.7 Å². The molecule has 0 N–H and O–H groups in total. The highest BCUT2D eigenvalue weighted by Crippen LogP contribution is 2.36. The average Bonchev–Trinajstić information content (AvgIpc) is 2.87. The lowest BCUT2D eigenvalue weighted by molar-refractivity contribution is -0.0175. The third-order valence-corrected chi connectivity index (χ3v) is 6.17. The van der Waals surface area contributed by atoms with Gasteiger partial charge in [-0.25, -0.2) is 4.79 Å². The van der Waals surface area contributed by atoms with Gasteiger partial charge in [0.25, 0.3) is 0 Å². The van der Waals surface area contributed by atoms with E-state index in [1.165, 1.54) is 0 Å². The van der Waals surface area contributed by atoms with Gasteiger partial charge in [0.2, 0.25) is 0 Å². The second kappa shape index (κ2) is 9.52. The van der Waals surface area contributed by atoms with Gasteiger partial charge in [-0.05, 0) is 60.5 Å². The van der Waals surface area contributed by atoms with E-state index in [-0.39, 0.29) is 13.4 Å². The third kappa shape index (κ3) is 4.40. The van der Waals surface area contributed by atoms with E-state index < -0.39 is 5.63 Å². The van der Waals surface area contributed by atoms with E-state index in [0.29, 0.717) is 45.6 Å². The van der Waals surface area contributed by atoms with Crippen molar-refractivity contribution >= 4 is 22.6 Å². The van der Waals surface area contributed by atoms with Gasteiger partial charge in [-0.3, -0.25) is 0 Å². The maximum atomic E-state index is 12.9. The fraction of sp³-hybridized carbons (Fsp3) is 0.222. The number of aryl methyl sites for hydroxylation is 1. The van der Waals surface area contributed by atoms with E-state index in [2.05, 4.69) is 0 Å². The number of hydrogen-bond acceptors (Lipinski definition) is 7. The molecule has 0 saturated heterocycles. The van der Waals surface area contributed by atoms with E-state index >= 15 is 0 Å². The molecule has 1 aliphatic heterocycles. The van der Waals surface area contributed by atoms with Gasteiger partial charge in [-0.15, -0.1) is 0 Å². The van der Waals surface area contributed by atoms with Crippen molar-refractivity contribution in [2.45, 2.75) is 20.1 Å². The van der Waals surface area contributed by atoms with Gasteiger partial charge in [0.15, 0.2) is 18.3 Å². The standard InChI is InChI=1S/C27H23ClO7/c1-15-21-11-20(33-13-18-9-19(28)8-17-12-32-14-34-26(17)18)5-7-22(21)35-27(29)25(15)16-4-6-23(30-2)24(10-16)31-3/h4-11H,12-14H2,1-3H3. The summed E-state index contributed by atoms with van der Waals surface area (Å²) < 4.78 is 33.4. The Morgan fingerprint density at radius 2 is 1.83 bits per heavy atom. The average molecular weight is 495 g/mol. The van der Waals surface area contributed by atoms with Gasteiger partial charge in [0, 0.05) is 21.5 Å². The summed E-state index contributed by atoms with van der Waals surface area (Å²) in [7, 11) is 3.11. The van der Waals surface area contributed by atoms with Crippen LogP contribution in [0.5, 0.6) is 23.0 Å². The van der Waals surface area contributed by atoms with Crippen LogP contribution >= 0.6 is 11.6 Å². The molecule has 0 amide bonds. The molecule has 0 radical (unpaired) electrons. The molecule has 8 heteroatoms. The summed E-state index contributed by atoms with van der Waals surface area (Å²) in [6, 6.07) is 14.3. The molecule has 0 fully saturated rings. The minimum absolute atomic E-state index is 0.189. The SMILES string of the molecule is COc1ccc(-c2c(C)c3cc(OCc4cc(Cl)cc5c4OCOC5)ccc3oc2=O)cc1OC. The van der Waals surface area contributed by atoms with Gasteiger partial charge in [0.1, 0.15) is 23.7 Å². The van der Waals surface area contributed by atoms with Crippen LogP contribution in [0.1, 0.15) is 16.7 Å². The Bertz CT molecular complexity index is 1480. The number of hydrogen-bond donors (Lipinski definition) is 0. The lowest BCUT2D eigenvalue weighted by atomic mass is 9.99. The summed E-state index contributed by atoms with van der Waals surface area (Å²) in [6.07, 6.45) is 0. The predicted octanol–water partition coefficient (Wildman–Crippen LogP) is 5.88. The zero-order valence-electron chi connectivity index (χ0n) is 19.5. The Labute approximate surface area is 206 Å². The zero-order valence-corrected chi connectivity index (χ0v) is 20.2. The highest BCUT2D eigenvalue weighted by Gasteiger charge is 2.18. The number of fused-ring (bicyclic) bond motifs is 2. The van der Waals surface area contributed by atoms with E-state index in [4.69, 9.17) is 39.7 Å². The quantitative estimate of drug-likeness (QED) is 0.309.